The van der Waals surface area contributed by atoms with Crippen LogP contribution in [0.3, 0.4) is 0 Å². The third kappa shape index (κ3) is 4.03. The molecule has 7 nitrogen and oxygen atoms in total. The second-order valence-electron chi connectivity index (χ2n) is 8.62. The van der Waals surface area contributed by atoms with Crippen LogP contribution in [-0.2, 0) is 4.79 Å². The van der Waals surface area contributed by atoms with Crippen LogP contribution >= 0.6 is 11.3 Å². The Bertz CT molecular complexity index is 1010. The van der Waals surface area contributed by atoms with E-state index in [0.717, 1.165) is 49.5 Å². The SMILES string of the molecule is CCCCN(C)C(=O)[C@H]1CCCN(c2cccc3c2C(=O)N([C@@H](C)c2nccs2)C3=O)C1. The molecule has 3 heterocycles. The van der Waals surface area contributed by atoms with Gasteiger partial charge in [0, 0.05) is 38.3 Å². The van der Waals surface area contributed by atoms with Crippen LogP contribution in [-0.4, -0.2) is 59.2 Å². The van der Waals surface area contributed by atoms with Crippen molar-refractivity contribution in [1.82, 2.24) is 14.8 Å². The Morgan fingerprint density at radius 3 is 2.84 bits per heavy atom. The first-order valence-electron chi connectivity index (χ1n) is 11.3. The highest BCUT2D eigenvalue weighted by atomic mass is 32.1. The molecule has 170 valence electrons. The van der Waals surface area contributed by atoms with Crippen LogP contribution in [0.25, 0.3) is 0 Å². The number of piperidine rings is 1. The van der Waals surface area contributed by atoms with Crippen LogP contribution in [0.4, 0.5) is 5.69 Å². The molecule has 3 amide bonds. The highest BCUT2D eigenvalue weighted by Crippen LogP contribution is 2.38. The maximum absolute atomic E-state index is 13.4. The van der Waals surface area contributed by atoms with Crippen molar-refractivity contribution in [3.63, 3.8) is 0 Å². The van der Waals surface area contributed by atoms with Crippen molar-refractivity contribution in [2.75, 3.05) is 31.6 Å². The number of unbranched alkanes of at least 4 members (excludes halogenated alkanes) is 1. The average Bonchev–Trinajstić information content (AvgIpc) is 3.44. The molecule has 32 heavy (non-hydrogen) atoms. The molecule has 1 aromatic heterocycles. The van der Waals surface area contributed by atoms with E-state index in [1.54, 1.807) is 12.3 Å². The largest absolute Gasteiger partial charge is 0.370 e. The minimum absolute atomic E-state index is 0.0981. The number of hydrogen-bond donors (Lipinski definition) is 0. The molecule has 1 saturated heterocycles. The normalized spacial score (nSPS) is 19.3. The van der Waals surface area contributed by atoms with Gasteiger partial charge < -0.3 is 9.80 Å². The third-order valence-electron chi connectivity index (χ3n) is 6.46. The molecule has 0 saturated carbocycles. The molecule has 1 fully saturated rings. The van der Waals surface area contributed by atoms with E-state index in [1.807, 2.05) is 36.4 Å². The van der Waals surface area contributed by atoms with E-state index in [1.165, 1.54) is 16.2 Å². The number of thiazole rings is 1. The Labute approximate surface area is 193 Å². The summed E-state index contributed by atoms with van der Waals surface area (Å²) in [5, 5.41) is 2.58. The number of nitrogens with zero attached hydrogens (tertiary/aromatic N) is 4. The highest BCUT2D eigenvalue weighted by Gasteiger charge is 2.42. The maximum atomic E-state index is 13.4. The van der Waals surface area contributed by atoms with E-state index in [0.29, 0.717) is 17.7 Å². The molecule has 4 rings (SSSR count). The standard InChI is InChI=1S/C24H30N4O3S/c1-4-5-12-26(3)22(29)17-8-7-13-27(15-17)19-10-6-9-18-20(19)24(31)28(23(18)30)16(2)21-25-11-14-32-21/h6,9-11,14,16-17H,4-5,7-8,12-13,15H2,1-3H3/t16-,17-/m0/s1. The van der Waals surface area contributed by atoms with Gasteiger partial charge in [0.2, 0.25) is 5.91 Å². The Morgan fingerprint density at radius 2 is 2.12 bits per heavy atom. The van der Waals surface area contributed by atoms with Gasteiger partial charge in [0.15, 0.2) is 0 Å². The lowest BCUT2D eigenvalue weighted by molar-refractivity contribution is -0.134. The maximum Gasteiger partial charge on any atom is 0.264 e. The number of amides is 3. The van der Waals surface area contributed by atoms with Gasteiger partial charge >= 0.3 is 0 Å². The van der Waals surface area contributed by atoms with E-state index < -0.39 is 6.04 Å². The predicted octanol–water partition coefficient (Wildman–Crippen LogP) is 3.98. The summed E-state index contributed by atoms with van der Waals surface area (Å²) in [6, 6.07) is 5.03. The molecular formula is C24H30N4O3S. The molecule has 1 aromatic carbocycles. The van der Waals surface area contributed by atoms with Gasteiger partial charge in [-0.3, -0.25) is 19.3 Å². The lowest BCUT2D eigenvalue weighted by atomic mass is 9.95. The number of carbonyl (C=O) groups excluding carboxylic acids is 3. The average molecular weight is 455 g/mol. The van der Waals surface area contributed by atoms with E-state index in [-0.39, 0.29) is 23.6 Å². The number of hydrogen-bond acceptors (Lipinski definition) is 6. The minimum atomic E-state index is -0.418. The van der Waals surface area contributed by atoms with Gasteiger partial charge in [-0.1, -0.05) is 19.4 Å². The Morgan fingerprint density at radius 1 is 1.31 bits per heavy atom. The van der Waals surface area contributed by atoms with Crippen LogP contribution in [0, 0.1) is 5.92 Å². The molecule has 2 aliphatic rings. The fourth-order valence-corrected chi connectivity index (χ4v) is 5.35. The molecule has 0 N–H and O–H groups in total. The molecule has 2 atom stereocenters. The Balaban J connectivity index is 1.58. The molecule has 0 spiro atoms. The molecule has 0 aliphatic carbocycles. The number of fused-ring (bicyclic) bond motifs is 1. The third-order valence-corrected chi connectivity index (χ3v) is 7.40. The summed E-state index contributed by atoms with van der Waals surface area (Å²) >= 11 is 1.43. The monoisotopic (exact) mass is 454 g/mol. The van der Waals surface area contributed by atoms with Crippen LogP contribution in [0.2, 0.25) is 0 Å². The lowest BCUT2D eigenvalue weighted by Crippen LogP contribution is -2.44. The van der Waals surface area contributed by atoms with E-state index >= 15 is 0 Å². The van der Waals surface area contributed by atoms with Crippen LogP contribution in [0.5, 0.6) is 0 Å². The van der Waals surface area contributed by atoms with Crippen molar-refractivity contribution >= 4 is 34.7 Å². The smallest absolute Gasteiger partial charge is 0.264 e. The topological polar surface area (TPSA) is 73.8 Å². The highest BCUT2D eigenvalue weighted by molar-refractivity contribution is 7.09. The summed E-state index contributed by atoms with van der Waals surface area (Å²) in [6.45, 7) is 6.05. The number of imide groups is 1. The molecule has 0 radical (unpaired) electrons. The summed E-state index contributed by atoms with van der Waals surface area (Å²) in [5.41, 5.74) is 1.64. The molecule has 0 bridgehead atoms. The van der Waals surface area contributed by atoms with Crippen LogP contribution in [0.15, 0.2) is 29.8 Å². The van der Waals surface area contributed by atoms with Gasteiger partial charge in [-0.25, -0.2) is 4.98 Å². The second-order valence-corrected chi connectivity index (χ2v) is 9.55. The number of carbonyl (C=O) groups is 3. The van der Waals surface area contributed by atoms with Gasteiger partial charge in [-0.15, -0.1) is 11.3 Å². The Hall–Kier alpha value is -2.74. The van der Waals surface area contributed by atoms with Crippen molar-refractivity contribution in [3.8, 4) is 0 Å². The summed E-state index contributed by atoms with van der Waals surface area (Å²) in [7, 11) is 1.87. The number of anilines is 1. The lowest BCUT2D eigenvalue weighted by Gasteiger charge is -2.36. The van der Waals surface area contributed by atoms with Gasteiger partial charge in [-0.2, -0.15) is 0 Å². The number of rotatable bonds is 7. The minimum Gasteiger partial charge on any atom is -0.370 e. The fraction of sp³-hybridized carbons (Fsp3) is 0.500. The second kappa shape index (κ2) is 9.40. The van der Waals surface area contributed by atoms with Crippen molar-refractivity contribution < 1.29 is 14.4 Å². The van der Waals surface area contributed by atoms with Crippen molar-refractivity contribution in [2.45, 2.75) is 45.6 Å². The summed E-state index contributed by atoms with van der Waals surface area (Å²) < 4.78 is 0. The first-order valence-corrected chi connectivity index (χ1v) is 12.2. The van der Waals surface area contributed by atoms with Crippen molar-refractivity contribution in [2.24, 2.45) is 5.92 Å². The zero-order valence-electron chi connectivity index (χ0n) is 18.9. The zero-order valence-corrected chi connectivity index (χ0v) is 19.7. The summed E-state index contributed by atoms with van der Waals surface area (Å²) in [4.78, 5) is 49.1. The molecule has 0 unspecified atom stereocenters. The number of aromatic nitrogens is 1. The van der Waals surface area contributed by atoms with Gasteiger partial charge in [0.05, 0.1) is 28.8 Å². The quantitative estimate of drug-likeness (QED) is 0.592. The van der Waals surface area contributed by atoms with Crippen LogP contribution in [0.1, 0.15) is 71.3 Å². The van der Waals surface area contributed by atoms with E-state index in [2.05, 4.69) is 16.8 Å². The predicted molar refractivity (Wildman–Crippen MR) is 125 cm³/mol. The Kier molecular flexibility index (Phi) is 6.60. The van der Waals surface area contributed by atoms with Crippen molar-refractivity contribution in [3.05, 3.63) is 45.9 Å². The molecule has 8 heteroatoms. The van der Waals surface area contributed by atoms with E-state index in [9.17, 15) is 14.4 Å². The fourth-order valence-electron chi connectivity index (χ4n) is 4.67. The molecule has 2 aromatic rings. The van der Waals surface area contributed by atoms with Gasteiger partial charge in [0.25, 0.3) is 11.8 Å². The zero-order chi connectivity index (χ0) is 22.8. The molecular weight excluding hydrogens is 424 g/mol. The van der Waals surface area contributed by atoms with Gasteiger partial charge in [0.1, 0.15) is 5.01 Å². The summed E-state index contributed by atoms with van der Waals surface area (Å²) in [6.07, 6.45) is 5.46. The van der Waals surface area contributed by atoms with Gasteiger partial charge in [-0.05, 0) is 38.3 Å². The molecule has 2 aliphatic heterocycles. The number of benzene rings is 1. The van der Waals surface area contributed by atoms with Crippen LogP contribution < -0.4 is 4.90 Å². The first kappa shape index (κ1) is 22.5. The summed E-state index contributed by atoms with van der Waals surface area (Å²) in [5.74, 6) is -0.494. The van der Waals surface area contributed by atoms with Crippen molar-refractivity contribution in [1.29, 1.82) is 0 Å². The first-order chi connectivity index (χ1) is 15.4. The van der Waals surface area contributed by atoms with E-state index in [4.69, 9.17) is 0 Å².